The normalized spacial score (nSPS) is 16.6. The topological polar surface area (TPSA) is 54.0 Å². The largest absolute Gasteiger partial charge is 0.279 e. The zero-order chi connectivity index (χ0) is 50.0. The van der Waals surface area contributed by atoms with E-state index in [9.17, 15) is 11.0 Å². The number of rotatable bonds is 11. The van der Waals surface area contributed by atoms with E-state index in [0.29, 0.717) is 28.1 Å². The summed E-state index contributed by atoms with van der Waals surface area (Å²) in [5.74, 6) is 0. The van der Waals surface area contributed by atoms with Crippen molar-refractivity contribution in [1.29, 1.82) is 0 Å². The molecule has 0 spiro atoms. The summed E-state index contributed by atoms with van der Waals surface area (Å²) in [4.78, 5) is 19.5. The Bertz CT molecular complexity index is 3460. The van der Waals surface area contributed by atoms with Gasteiger partial charge in [-0.3, -0.25) is 9.97 Å². The maximum Gasteiger partial charge on any atom is 0.279 e. The Morgan fingerprint density at radius 1 is 0.438 bits per heavy atom. The summed E-state index contributed by atoms with van der Waals surface area (Å²) in [6, 6.07) is 57.4. The third-order valence-corrected chi connectivity index (χ3v) is 11.7. The highest BCUT2D eigenvalue weighted by molar-refractivity contribution is 6.46. The standard InChI is InChI=1S/C59H46N5/c1-40-57(47-19-9-4-10-20-47)63-59-53-24-14-13-23-52(53)58-56(64(40)59)36-49(39-62-58)51-22-12-11-21-50(51)48-34-43(27-25-41-29-31-54(60-37-41)45-15-5-2-6-16-45)33-44(35-48)28-26-42-30-32-55(61-38-42)46-17-7-3-8-18-46/h2-24,29-39,59H,25-28H2,1H3/q+1/i25D2,26D2,27D2,28D2. The van der Waals surface area contributed by atoms with E-state index >= 15 is 0 Å². The highest BCUT2D eigenvalue weighted by Crippen LogP contribution is 2.47. The van der Waals surface area contributed by atoms with Crippen LogP contribution in [0.15, 0.2) is 212 Å². The van der Waals surface area contributed by atoms with Crippen molar-refractivity contribution in [2.75, 3.05) is 0 Å². The molecule has 1 atom stereocenters. The van der Waals surface area contributed by atoms with E-state index in [2.05, 4.69) is 51.8 Å². The van der Waals surface area contributed by atoms with Crippen LogP contribution in [0.1, 0.15) is 57.4 Å². The third kappa shape index (κ3) is 7.67. The molecule has 6 aromatic carbocycles. The molecule has 64 heavy (non-hydrogen) atoms. The van der Waals surface area contributed by atoms with Gasteiger partial charge in [0.05, 0.1) is 17.0 Å². The fourth-order valence-electron chi connectivity index (χ4n) is 8.60. The summed E-state index contributed by atoms with van der Waals surface area (Å²) in [5, 5.41) is 0. The van der Waals surface area contributed by atoms with E-state index in [4.69, 9.17) is 9.98 Å². The molecule has 1 unspecified atom stereocenters. The number of aryl methyl sites for hydroxylation is 4. The van der Waals surface area contributed by atoms with Crippen molar-refractivity contribution in [2.24, 2.45) is 4.99 Å². The first-order chi connectivity index (χ1) is 34.6. The molecule has 0 bridgehead atoms. The first-order valence-electron chi connectivity index (χ1n) is 25.3. The van der Waals surface area contributed by atoms with Gasteiger partial charge in [0, 0.05) is 70.4 Å². The molecular weight excluding hydrogens is 779 g/mol. The smallest absolute Gasteiger partial charge is 0.256 e. The van der Waals surface area contributed by atoms with Gasteiger partial charge in [-0.25, -0.2) is 9.98 Å². The minimum absolute atomic E-state index is 0.0177. The maximum atomic E-state index is 9.67. The van der Waals surface area contributed by atoms with Gasteiger partial charge < -0.3 is 0 Å². The molecular formula is C59H46N5+. The van der Waals surface area contributed by atoms with Crippen LogP contribution in [0.25, 0.3) is 56.0 Å². The molecule has 0 saturated carbocycles. The Labute approximate surface area is 386 Å². The molecule has 2 aliphatic rings. The maximum absolute atomic E-state index is 9.67. The zero-order valence-corrected chi connectivity index (χ0v) is 34.9. The first kappa shape index (κ1) is 31.0. The molecule has 0 N–H and O–H groups in total. The van der Waals surface area contributed by atoms with E-state index in [-0.39, 0.29) is 28.4 Å². The van der Waals surface area contributed by atoms with Crippen molar-refractivity contribution in [3.8, 4) is 56.0 Å². The Kier molecular flexibility index (Phi) is 8.30. The highest BCUT2D eigenvalue weighted by atomic mass is 15.2. The molecule has 0 saturated heterocycles. The van der Waals surface area contributed by atoms with Crippen molar-refractivity contribution in [2.45, 2.75) is 38.6 Å². The van der Waals surface area contributed by atoms with Crippen LogP contribution in [-0.4, -0.2) is 31.0 Å². The summed E-state index contributed by atoms with van der Waals surface area (Å²) >= 11 is 0. The van der Waals surface area contributed by atoms with E-state index in [0.717, 1.165) is 56.2 Å². The van der Waals surface area contributed by atoms with Gasteiger partial charge in [0.2, 0.25) is 11.4 Å². The van der Waals surface area contributed by atoms with Crippen molar-refractivity contribution >= 4 is 17.1 Å². The number of fused-ring (bicyclic) bond motifs is 6. The van der Waals surface area contributed by atoms with Crippen LogP contribution in [0.5, 0.6) is 0 Å². The molecule has 306 valence electrons. The molecule has 0 amide bonds. The number of aliphatic imine (C=N–C) groups is 1. The Morgan fingerprint density at radius 2 is 0.938 bits per heavy atom. The van der Waals surface area contributed by atoms with Crippen molar-refractivity contribution in [3.05, 3.63) is 240 Å². The summed E-state index contributed by atoms with van der Waals surface area (Å²) in [5.41, 5.74) is 11.3. The van der Waals surface area contributed by atoms with Gasteiger partial charge in [-0.05, 0) is 82.6 Å². The van der Waals surface area contributed by atoms with Crippen molar-refractivity contribution in [1.82, 2.24) is 15.0 Å². The van der Waals surface area contributed by atoms with E-state index in [1.165, 1.54) is 30.6 Å². The Morgan fingerprint density at radius 3 is 1.50 bits per heavy atom. The van der Waals surface area contributed by atoms with Crippen LogP contribution in [-0.2, 0) is 25.5 Å². The van der Waals surface area contributed by atoms with Crippen LogP contribution in [0.4, 0.5) is 5.69 Å². The second kappa shape index (κ2) is 17.1. The number of nitrogens with zero attached hydrogens (tertiary/aromatic N) is 5. The predicted molar refractivity (Wildman–Crippen MR) is 261 cm³/mol. The highest BCUT2D eigenvalue weighted by Gasteiger charge is 2.43. The fraction of sp³-hybridized carbons (Fsp3) is 0.102. The molecule has 5 heterocycles. The number of benzene rings is 6. The zero-order valence-electron chi connectivity index (χ0n) is 42.9. The number of hydrogen-bond acceptors (Lipinski definition) is 4. The molecule has 2 aliphatic heterocycles. The lowest BCUT2D eigenvalue weighted by atomic mass is 9.89. The van der Waals surface area contributed by atoms with Crippen molar-refractivity contribution < 1.29 is 15.5 Å². The monoisotopic (exact) mass is 832 g/mol. The van der Waals surface area contributed by atoms with Crippen LogP contribution >= 0.6 is 0 Å². The number of hydrogen-bond donors (Lipinski definition) is 0. The predicted octanol–water partition coefficient (Wildman–Crippen LogP) is 13.4. The van der Waals surface area contributed by atoms with Gasteiger partial charge in [-0.2, -0.15) is 4.58 Å². The SMILES string of the molecule is [2H]C([2H])(c1ccc(-c2ccccc2)nc1)C([2H])([2H])c1cc(-c2ccccc2-c2cnc3c(c2)[N+]2=C(C)C(c4ccccc4)=NC2c2ccccc2-3)cc(C([2H])([2H])C([2H])([2H])c2ccc(-c3ccccc3)nc2)c1. The molecule has 9 aromatic rings. The van der Waals surface area contributed by atoms with Crippen molar-refractivity contribution in [3.63, 3.8) is 0 Å². The summed E-state index contributed by atoms with van der Waals surface area (Å²) in [7, 11) is 0. The second-order valence-corrected chi connectivity index (χ2v) is 15.8. The van der Waals surface area contributed by atoms with Gasteiger partial charge >= 0.3 is 0 Å². The molecule has 5 heteroatoms. The van der Waals surface area contributed by atoms with Gasteiger partial charge in [0.1, 0.15) is 11.4 Å². The summed E-state index contributed by atoms with van der Waals surface area (Å²) < 4.78 is 78.7. The number of pyridine rings is 3. The summed E-state index contributed by atoms with van der Waals surface area (Å²) in [6.45, 7) is 2.07. The van der Waals surface area contributed by atoms with E-state index in [1.54, 1.807) is 30.5 Å². The quantitative estimate of drug-likeness (QED) is 0.122. The Balaban J connectivity index is 1.06. The van der Waals surface area contributed by atoms with Crippen LogP contribution in [0, 0.1) is 0 Å². The minimum atomic E-state index is -2.81. The average Bonchev–Trinajstić information content (AvgIpc) is 3.78. The van der Waals surface area contributed by atoms with Gasteiger partial charge in [-0.1, -0.05) is 164 Å². The lowest BCUT2D eigenvalue weighted by Crippen LogP contribution is -2.21. The van der Waals surface area contributed by atoms with Crippen LogP contribution in [0.2, 0.25) is 0 Å². The summed E-state index contributed by atoms with van der Waals surface area (Å²) in [6.07, 6.45) is -6.87. The van der Waals surface area contributed by atoms with Crippen LogP contribution < -0.4 is 0 Å². The Hall–Kier alpha value is -7.89. The fourth-order valence-corrected chi connectivity index (χ4v) is 8.60. The molecule has 5 nitrogen and oxygen atoms in total. The van der Waals surface area contributed by atoms with Gasteiger partial charge in [0.15, 0.2) is 0 Å². The van der Waals surface area contributed by atoms with E-state index < -0.39 is 25.5 Å². The van der Waals surface area contributed by atoms with E-state index in [1.807, 2.05) is 115 Å². The minimum Gasteiger partial charge on any atom is -0.256 e. The molecule has 0 aliphatic carbocycles. The van der Waals surface area contributed by atoms with Gasteiger partial charge in [0.25, 0.3) is 6.17 Å². The lowest BCUT2D eigenvalue weighted by Gasteiger charge is -2.21. The van der Waals surface area contributed by atoms with Crippen LogP contribution in [0.3, 0.4) is 0 Å². The second-order valence-electron chi connectivity index (χ2n) is 15.8. The first-order valence-corrected chi connectivity index (χ1v) is 21.3. The molecule has 3 aromatic heterocycles. The van der Waals surface area contributed by atoms with Gasteiger partial charge in [-0.15, -0.1) is 0 Å². The molecule has 0 fully saturated rings. The third-order valence-electron chi connectivity index (χ3n) is 11.7. The molecule has 11 rings (SSSR count). The number of aromatic nitrogens is 3. The lowest BCUT2D eigenvalue weighted by molar-refractivity contribution is -0.485. The average molecular weight is 833 g/mol. The molecule has 0 radical (unpaired) electrons.